The van der Waals surface area contributed by atoms with Crippen molar-refractivity contribution in [2.75, 3.05) is 40.0 Å². The number of hydrogen-bond acceptors (Lipinski definition) is 8. The van der Waals surface area contributed by atoms with Crippen LogP contribution in [0.3, 0.4) is 0 Å². The summed E-state index contributed by atoms with van der Waals surface area (Å²) in [5, 5.41) is 22.2. The van der Waals surface area contributed by atoms with Crippen molar-refractivity contribution in [1.82, 2.24) is 19.7 Å². The Hall–Kier alpha value is -4.08. The smallest absolute Gasteiger partial charge is 0.162 e. The van der Waals surface area contributed by atoms with Crippen LogP contribution in [0.4, 0.5) is 0 Å². The van der Waals surface area contributed by atoms with Crippen molar-refractivity contribution in [3.8, 4) is 22.8 Å². The maximum atomic E-state index is 8.53. The lowest BCUT2D eigenvalue weighted by atomic mass is 10.1. The summed E-state index contributed by atoms with van der Waals surface area (Å²) >= 11 is 0. The van der Waals surface area contributed by atoms with Crippen molar-refractivity contribution in [3.63, 3.8) is 0 Å². The lowest BCUT2D eigenvalue weighted by molar-refractivity contribution is 0.0342. The molecule has 2 aromatic carbocycles. The highest BCUT2D eigenvalue weighted by Gasteiger charge is 2.12. The van der Waals surface area contributed by atoms with E-state index in [-0.39, 0.29) is 17.9 Å². The molecule has 1 saturated heterocycles. The van der Waals surface area contributed by atoms with Gasteiger partial charge in [-0.2, -0.15) is 9.78 Å². The average Bonchev–Trinajstić information content (AvgIpc) is 2.92. The topological polar surface area (TPSA) is 109 Å². The Morgan fingerprint density at radius 3 is 2.61 bits per heavy atom. The highest BCUT2D eigenvalue weighted by atomic mass is 16.5. The quantitative estimate of drug-likeness (QED) is 0.308. The zero-order valence-corrected chi connectivity index (χ0v) is 20.1. The maximum absolute atomic E-state index is 8.53. The molecule has 1 fully saturated rings. The Kier molecular flexibility index (Phi) is 7.01. The van der Waals surface area contributed by atoms with E-state index >= 15 is 0 Å². The van der Waals surface area contributed by atoms with Gasteiger partial charge in [0.1, 0.15) is 23.6 Å². The highest BCUT2D eigenvalue weighted by Crippen LogP contribution is 2.27. The van der Waals surface area contributed by atoms with Gasteiger partial charge in [-0.15, -0.1) is 0 Å². The molecule has 0 aliphatic carbocycles. The van der Waals surface area contributed by atoms with E-state index in [1.54, 1.807) is 31.5 Å². The fourth-order valence-electron chi connectivity index (χ4n) is 4.14. The van der Waals surface area contributed by atoms with Crippen molar-refractivity contribution in [2.45, 2.75) is 6.54 Å². The molecule has 0 saturated carbocycles. The molecule has 0 bridgehead atoms. The first-order valence-corrected chi connectivity index (χ1v) is 11.8. The molecule has 0 spiro atoms. The van der Waals surface area contributed by atoms with Crippen molar-refractivity contribution in [2.24, 2.45) is 0 Å². The number of ether oxygens (including phenoxy) is 3. The van der Waals surface area contributed by atoms with Crippen LogP contribution < -0.4 is 15.0 Å². The van der Waals surface area contributed by atoms with Crippen LogP contribution in [0.2, 0.25) is 0 Å². The normalized spacial score (nSPS) is 14.0. The summed E-state index contributed by atoms with van der Waals surface area (Å²) in [6.07, 6.45) is 1.66. The summed E-state index contributed by atoms with van der Waals surface area (Å²) in [6, 6.07) is 19.0. The summed E-state index contributed by atoms with van der Waals surface area (Å²) in [7, 11) is 1.61. The molecule has 2 N–H and O–H groups in total. The minimum Gasteiger partial charge on any atom is -0.497 e. The monoisotopic (exact) mass is 484 g/mol. The number of aromatic nitrogens is 3. The third kappa shape index (κ3) is 5.27. The summed E-state index contributed by atoms with van der Waals surface area (Å²) < 4.78 is 17.9. The fraction of sp³-hybridized carbons (Fsp3) is 0.259. The van der Waals surface area contributed by atoms with Gasteiger partial charge in [-0.1, -0.05) is 24.3 Å². The van der Waals surface area contributed by atoms with Crippen LogP contribution in [-0.4, -0.2) is 65.5 Å². The molecule has 184 valence electrons. The Morgan fingerprint density at radius 2 is 1.83 bits per heavy atom. The summed E-state index contributed by atoms with van der Waals surface area (Å²) in [4.78, 5) is 6.74. The molecule has 0 atom stereocenters. The van der Waals surface area contributed by atoms with Crippen LogP contribution in [0.5, 0.6) is 11.5 Å². The number of fused-ring (bicyclic) bond motifs is 1. The molecular formula is C27H28N6O3. The zero-order chi connectivity index (χ0) is 24.9. The number of methoxy groups -OCH3 is 1. The van der Waals surface area contributed by atoms with Gasteiger partial charge >= 0.3 is 0 Å². The standard InChI is InChI=1S/C27H28N6O3/c1-34-21-6-7-22-24(16-21)30-11-10-25(22)36-18-27(29)33-26(28)9-8-23(31-33)20-4-2-19(3-5-20)17-32-12-14-35-15-13-32/h2-11,16,28-29H,12-15,17-18H2,1H3. The van der Waals surface area contributed by atoms with Crippen molar-refractivity contribution >= 4 is 16.7 Å². The van der Waals surface area contributed by atoms with Crippen LogP contribution >= 0.6 is 0 Å². The van der Waals surface area contributed by atoms with E-state index in [1.807, 2.05) is 30.3 Å². The van der Waals surface area contributed by atoms with E-state index < -0.39 is 0 Å². The fourth-order valence-corrected chi connectivity index (χ4v) is 4.14. The number of nitrogens with one attached hydrogen (secondary N) is 2. The van der Waals surface area contributed by atoms with E-state index in [4.69, 9.17) is 25.0 Å². The van der Waals surface area contributed by atoms with Crippen LogP contribution in [0.25, 0.3) is 22.2 Å². The molecule has 1 aliphatic rings. The Labute approximate surface area is 208 Å². The second kappa shape index (κ2) is 10.7. The van der Waals surface area contributed by atoms with Gasteiger partial charge in [0.05, 0.1) is 31.5 Å². The van der Waals surface area contributed by atoms with E-state index in [9.17, 15) is 0 Å². The Balaban J connectivity index is 1.30. The molecule has 4 aromatic rings. The van der Waals surface area contributed by atoms with Crippen molar-refractivity contribution in [1.29, 1.82) is 10.8 Å². The van der Waals surface area contributed by atoms with E-state index in [2.05, 4.69) is 27.1 Å². The molecule has 5 rings (SSSR count). The second-order valence-corrected chi connectivity index (χ2v) is 8.53. The van der Waals surface area contributed by atoms with Gasteiger partial charge < -0.3 is 14.2 Å². The lowest BCUT2D eigenvalue weighted by Gasteiger charge is -2.26. The number of morpholine rings is 1. The molecule has 0 amide bonds. The predicted octanol–water partition coefficient (Wildman–Crippen LogP) is 3.32. The minimum absolute atomic E-state index is 0.0450. The SMILES string of the molecule is COc1ccc2c(OCC(=N)n3nc(-c4ccc(CN5CCOCC5)cc4)ccc3=N)ccnc2c1. The molecule has 0 radical (unpaired) electrons. The summed E-state index contributed by atoms with van der Waals surface area (Å²) in [6.45, 7) is 4.30. The van der Waals surface area contributed by atoms with E-state index in [1.165, 1.54) is 10.2 Å². The highest BCUT2D eigenvalue weighted by molar-refractivity contribution is 5.87. The second-order valence-electron chi connectivity index (χ2n) is 8.53. The molecular weight excluding hydrogens is 456 g/mol. The summed E-state index contributed by atoms with van der Waals surface area (Å²) in [5.74, 6) is 1.38. The van der Waals surface area contributed by atoms with Crippen molar-refractivity contribution < 1.29 is 14.2 Å². The molecule has 0 unspecified atom stereocenters. The van der Waals surface area contributed by atoms with Gasteiger partial charge in [0.15, 0.2) is 5.84 Å². The van der Waals surface area contributed by atoms with Gasteiger partial charge in [-0.05, 0) is 35.9 Å². The van der Waals surface area contributed by atoms with Gasteiger partial charge in [0.2, 0.25) is 0 Å². The first-order chi connectivity index (χ1) is 17.6. The Bertz CT molecular complexity index is 1430. The molecule has 2 aromatic heterocycles. The van der Waals surface area contributed by atoms with Crippen LogP contribution in [0.15, 0.2) is 66.9 Å². The van der Waals surface area contributed by atoms with Gasteiger partial charge in [0.25, 0.3) is 0 Å². The third-order valence-electron chi connectivity index (χ3n) is 6.12. The van der Waals surface area contributed by atoms with Crippen LogP contribution in [0, 0.1) is 10.8 Å². The van der Waals surface area contributed by atoms with E-state index in [0.717, 1.165) is 49.3 Å². The predicted molar refractivity (Wildman–Crippen MR) is 137 cm³/mol. The Morgan fingerprint density at radius 1 is 1.03 bits per heavy atom. The van der Waals surface area contributed by atoms with Crippen molar-refractivity contribution in [3.05, 3.63) is 77.9 Å². The number of pyridine rings is 1. The van der Waals surface area contributed by atoms with Gasteiger partial charge in [-0.25, -0.2) is 0 Å². The molecule has 3 heterocycles. The summed E-state index contributed by atoms with van der Waals surface area (Å²) in [5.41, 5.74) is 3.70. The molecule has 9 heteroatoms. The minimum atomic E-state index is -0.0450. The molecule has 1 aliphatic heterocycles. The average molecular weight is 485 g/mol. The van der Waals surface area contributed by atoms with Gasteiger partial charge in [0, 0.05) is 42.8 Å². The number of rotatable bonds is 7. The van der Waals surface area contributed by atoms with E-state index in [0.29, 0.717) is 17.2 Å². The van der Waals surface area contributed by atoms with Crippen LogP contribution in [0.1, 0.15) is 5.56 Å². The first-order valence-electron chi connectivity index (χ1n) is 11.8. The van der Waals surface area contributed by atoms with Crippen LogP contribution in [-0.2, 0) is 11.3 Å². The molecule has 9 nitrogen and oxygen atoms in total. The maximum Gasteiger partial charge on any atom is 0.162 e. The largest absolute Gasteiger partial charge is 0.497 e. The number of benzene rings is 2. The first kappa shape index (κ1) is 23.7. The third-order valence-corrected chi connectivity index (χ3v) is 6.12. The number of nitrogens with zero attached hydrogens (tertiary/aromatic N) is 4. The molecule has 36 heavy (non-hydrogen) atoms. The lowest BCUT2D eigenvalue weighted by Crippen LogP contribution is -2.35. The zero-order valence-electron chi connectivity index (χ0n) is 20.1. The van der Waals surface area contributed by atoms with Gasteiger partial charge in [-0.3, -0.25) is 20.7 Å². The number of hydrogen-bond donors (Lipinski definition) is 2.